The first kappa shape index (κ1) is 23.3. The highest BCUT2D eigenvalue weighted by Crippen LogP contribution is 2.46. The minimum Gasteiger partial charge on any atom is -0.490 e. The minimum absolute atomic E-state index is 0.0166. The van der Waals surface area contributed by atoms with Gasteiger partial charge in [0.05, 0.1) is 34.0 Å². The third-order valence-electron chi connectivity index (χ3n) is 5.65. The smallest absolute Gasteiger partial charge is 0.419 e. The van der Waals surface area contributed by atoms with Crippen LogP contribution in [-0.4, -0.2) is 21.7 Å². The molecule has 0 amide bonds. The number of halogens is 4. The normalized spacial score (nSPS) is 15.8. The fraction of sp³-hybridized carbons (Fsp3) is 0.375. The molecule has 1 aromatic heterocycles. The summed E-state index contributed by atoms with van der Waals surface area (Å²) in [5.41, 5.74) is 1.06. The number of aryl methyl sites for hydroxylation is 1. The summed E-state index contributed by atoms with van der Waals surface area (Å²) in [6, 6.07) is 9.24. The molecule has 1 N–H and O–H groups in total. The van der Waals surface area contributed by atoms with Gasteiger partial charge in [-0.05, 0) is 50.1 Å². The van der Waals surface area contributed by atoms with Crippen LogP contribution in [0.4, 0.5) is 13.2 Å². The Labute approximate surface area is 193 Å². The maximum atomic E-state index is 13.5. The molecule has 2 aromatic carbocycles. The highest BCUT2D eigenvalue weighted by molar-refractivity contribution is 6.37. The van der Waals surface area contributed by atoms with Crippen molar-refractivity contribution in [3.05, 3.63) is 58.2 Å². The summed E-state index contributed by atoms with van der Waals surface area (Å²) in [7, 11) is 0. The maximum absolute atomic E-state index is 13.5. The quantitative estimate of drug-likeness (QED) is 0.411. The molecule has 0 unspecified atom stereocenters. The number of carboxylic acids is 1. The highest BCUT2D eigenvalue weighted by Gasteiger charge is 2.35. The zero-order chi connectivity index (χ0) is 23.9. The van der Waals surface area contributed by atoms with Crippen LogP contribution in [0.2, 0.25) is 5.02 Å². The first-order chi connectivity index (χ1) is 15.6. The largest absolute Gasteiger partial charge is 0.490 e. The SMILES string of the molecule is CC(C)Oc1ccc(COc2cccc3c2c(Cl)c2n3CC[C@@H]2CC(=O)O)cc1C(F)(F)F. The van der Waals surface area contributed by atoms with Crippen LogP contribution in [0.15, 0.2) is 36.4 Å². The van der Waals surface area contributed by atoms with Crippen molar-refractivity contribution in [3.63, 3.8) is 0 Å². The van der Waals surface area contributed by atoms with Crippen LogP contribution in [0.1, 0.15) is 49.4 Å². The van der Waals surface area contributed by atoms with Gasteiger partial charge in [0.25, 0.3) is 0 Å². The lowest BCUT2D eigenvalue weighted by Gasteiger charge is -2.17. The lowest BCUT2D eigenvalue weighted by Crippen LogP contribution is -2.13. The second-order valence-corrected chi connectivity index (χ2v) is 8.75. The third-order valence-corrected chi connectivity index (χ3v) is 6.03. The van der Waals surface area contributed by atoms with Gasteiger partial charge in [0.15, 0.2) is 0 Å². The molecule has 0 saturated carbocycles. The first-order valence-electron chi connectivity index (χ1n) is 10.6. The van der Waals surface area contributed by atoms with Crippen LogP contribution < -0.4 is 9.47 Å². The van der Waals surface area contributed by atoms with E-state index in [4.69, 9.17) is 21.1 Å². The van der Waals surface area contributed by atoms with Crippen LogP contribution in [0, 0.1) is 0 Å². The van der Waals surface area contributed by atoms with Crippen molar-refractivity contribution >= 4 is 28.5 Å². The predicted octanol–water partition coefficient (Wildman–Crippen LogP) is 6.64. The summed E-state index contributed by atoms with van der Waals surface area (Å²) in [5.74, 6) is -0.876. The van der Waals surface area contributed by atoms with E-state index in [0.717, 1.165) is 17.3 Å². The molecular weight excluding hydrogens is 459 g/mol. The Bertz CT molecular complexity index is 1200. The van der Waals surface area contributed by atoms with Crippen LogP contribution in [-0.2, 0) is 24.1 Å². The van der Waals surface area contributed by atoms with E-state index in [1.807, 2.05) is 10.6 Å². The Kier molecular flexibility index (Phi) is 6.22. The van der Waals surface area contributed by atoms with E-state index in [1.54, 1.807) is 26.0 Å². The lowest BCUT2D eigenvalue weighted by molar-refractivity contribution is -0.139. The number of hydrogen-bond donors (Lipinski definition) is 1. The second kappa shape index (κ2) is 8.82. The Morgan fingerprint density at radius 2 is 2.00 bits per heavy atom. The van der Waals surface area contributed by atoms with E-state index in [0.29, 0.717) is 34.7 Å². The average Bonchev–Trinajstić information content (AvgIpc) is 3.25. The van der Waals surface area contributed by atoms with Gasteiger partial charge in [0.2, 0.25) is 0 Å². The van der Waals surface area contributed by atoms with Crippen molar-refractivity contribution < 1.29 is 32.5 Å². The molecule has 2 heterocycles. The third kappa shape index (κ3) is 4.62. The average molecular weight is 482 g/mol. The molecule has 0 saturated heterocycles. The van der Waals surface area contributed by atoms with Gasteiger partial charge in [-0.2, -0.15) is 13.2 Å². The number of aromatic nitrogens is 1. The van der Waals surface area contributed by atoms with Crippen molar-refractivity contribution in [1.29, 1.82) is 0 Å². The number of nitrogens with zero attached hydrogens (tertiary/aromatic N) is 1. The monoisotopic (exact) mass is 481 g/mol. The molecule has 0 radical (unpaired) electrons. The van der Waals surface area contributed by atoms with E-state index >= 15 is 0 Å². The summed E-state index contributed by atoms with van der Waals surface area (Å²) >= 11 is 6.66. The van der Waals surface area contributed by atoms with Crippen molar-refractivity contribution in [2.75, 3.05) is 0 Å². The Hall–Kier alpha value is -2.87. The number of fused-ring (bicyclic) bond motifs is 3. The fourth-order valence-electron chi connectivity index (χ4n) is 4.34. The van der Waals surface area contributed by atoms with Gasteiger partial charge in [-0.3, -0.25) is 4.79 Å². The summed E-state index contributed by atoms with van der Waals surface area (Å²) in [6.07, 6.45) is -4.29. The van der Waals surface area contributed by atoms with E-state index in [1.165, 1.54) is 12.1 Å². The molecule has 0 spiro atoms. The molecule has 33 heavy (non-hydrogen) atoms. The molecular formula is C24H23ClF3NO4. The maximum Gasteiger partial charge on any atom is 0.419 e. The van der Waals surface area contributed by atoms with Crippen LogP contribution in [0.5, 0.6) is 11.5 Å². The summed E-state index contributed by atoms with van der Waals surface area (Å²) in [6.45, 7) is 3.88. The number of carbonyl (C=O) groups is 1. The van der Waals surface area contributed by atoms with E-state index in [2.05, 4.69) is 0 Å². The van der Waals surface area contributed by atoms with E-state index < -0.39 is 23.8 Å². The van der Waals surface area contributed by atoms with Gasteiger partial charge in [0.1, 0.15) is 18.1 Å². The molecule has 1 aliphatic heterocycles. The summed E-state index contributed by atoms with van der Waals surface area (Å²) in [4.78, 5) is 11.2. The predicted molar refractivity (Wildman–Crippen MR) is 118 cm³/mol. The number of alkyl halides is 3. The Morgan fingerprint density at radius 3 is 2.67 bits per heavy atom. The fourth-order valence-corrected chi connectivity index (χ4v) is 4.79. The number of carboxylic acid groups (broad SMARTS) is 1. The zero-order valence-electron chi connectivity index (χ0n) is 18.1. The molecule has 0 fully saturated rings. The zero-order valence-corrected chi connectivity index (χ0v) is 18.8. The molecule has 0 aliphatic carbocycles. The molecule has 1 aliphatic rings. The number of aliphatic carboxylic acids is 1. The molecule has 9 heteroatoms. The topological polar surface area (TPSA) is 60.7 Å². The molecule has 0 bridgehead atoms. The summed E-state index contributed by atoms with van der Waals surface area (Å²) in [5, 5.41) is 10.3. The number of hydrogen-bond acceptors (Lipinski definition) is 3. The minimum atomic E-state index is -4.56. The molecule has 5 nitrogen and oxygen atoms in total. The second-order valence-electron chi connectivity index (χ2n) is 8.37. The van der Waals surface area contributed by atoms with Gasteiger partial charge in [0, 0.05) is 18.2 Å². The Morgan fingerprint density at radius 1 is 1.24 bits per heavy atom. The number of benzene rings is 2. The van der Waals surface area contributed by atoms with Crippen molar-refractivity contribution in [2.45, 2.75) is 58.0 Å². The van der Waals surface area contributed by atoms with E-state index in [9.17, 15) is 23.1 Å². The highest BCUT2D eigenvalue weighted by atomic mass is 35.5. The van der Waals surface area contributed by atoms with Gasteiger partial charge in [-0.1, -0.05) is 23.7 Å². The molecule has 4 rings (SSSR count). The molecule has 176 valence electrons. The van der Waals surface area contributed by atoms with Crippen LogP contribution in [0.3, 0.4) is 0 Å². The number of ether oxygens (including phenoxy) is 2. The molecule has 1 atom stereocenters. The van der Waals surface area contributed by atoms with Crippen molar-refractivity contribution in [2.24, 2.45) is 0 Å². The van der Waals surface area contributed by atoms with Gasteiger partial charge < -0.3 is 19.1 Å². The number of rotatable bonds is 7. The van der Waals surface area contributed by atoms with Crippen molar-refractivity contribution in [1.82, 2.24) is 4.57 Å². The van der Waals surface area contributed by atoms with E-state index in [-0.39, 0.29) is 24.7 Å². The van der Waals surface area contributed by atoms with Gasteiger partial charge in [-0.25, -0.2) is 0 Å². The standard InChI is InChI=1S/C24H23ClF3NO4/c1-13(2)33-18-7-6-14(10-16(18)24(26,27)28)12-32-19-5-3-4-17-21(19)22(25)23-15(11-20(30)31)8-9-29(17)23/h3-7,10,13,15H,8-9,11-12H2,1-2H3,(H,30,31)/t15-/m1/s1. The molecule has 3 aromatic rings. The Balaban J connectivity index is 1.64. The van der Waals surface area contributed by atoms with Crippen LogP contribution in [0.25, 0.3) is 10.9 Å². The van der Waals surface area contributed by atoms with Crippen LogP contribution >= 0.6 is 11.6 Å². The van der Waals surface area contributed by atoms with Crippen molar-refractivity contribution in [3.8, 4) is 11.5 Å². The van der Waals surface area contributed by atoms with Gasteiger partial charge >= 0.3 is 12.1 Å². The lowest BCUT2D eigenvalue weighted by atomic mass is 10.00. The van der Waals surface area contributed by atoms with Gasteiger partial charge in [-0.15, -0.1) is 0 Å². The summed E-state index contributed by atoms with van der Waals surface area (Å²) < 4.78 is 53.8. The first-order valence-corrected chi connectivity index (χ1v) is 11.0.